The van der Waals surface area contributed by atoms with Gasteiger partial charge in [-0.05, 0) is 49.1 Å². The first-order valence-electron chi connectivity index (χ1n) is 9.79. The van der Waals surface area contributed by atoms with Crippen LogP contribution in [-0.2, 0) is 22.6 Å². The smallest absolute Gasteiger partial charge is 0.277 e. The van der Waals surface area contributed by atoms with Gasteiger partial charge in [0.05, 0.1) is 12.2 Å². The first kappa shape index (κ1) is 18.3. The second-order valence-corrected chi connectivity index (χ2v) is 6.98. The second kappa shape index (κ2) is 7.50. The number of carbonyl (C=O) groups is 2. The minimum atomic E-state index is -0.217. The van der Waals surface area contributed by atoms with Crippen molar-refractivity contribution in [2.75, 3.05) is 19.7 Å². The van der Waals surface area contributed by atoms with Crippen LogP contribution in [-0.4, -0.2) is 41.3 Å². The average Bonchev–Trinajstić information content (AvgIpc) is 2.98. The first-order chi connectivity index (χ1) is 13.6. The summed E-state index contributed by atoms with van der Waals surface area (Å²) in [6.45, 7) is 6.08. The highest BCUT2D eigenvalue weighted by atomic mass is 16.5. The number of likely N-dealkylation sites (N-methyl/N-ethyl adjacent to an activating group) is 1. The number of hydrogen-bond acceptors (Lipinski definition) is 4. The highest BCUT2D eigenvalue weighted by molar-refractivity contribution is 6.35. The molecule has 0 saturated heterocycles. The number of hydrogen-bond donors (Lipinski definition) is 0. The Balaban J connectivity index is 1.75. The third-order valence-electron chi connectivity index (χ3n) is 5.36. The van der Waals surface area contributed by atoms with Crippen molar-refractivity contribution in [3.8, 4) is 5.75 Å². The first-order valence-corrected chi connectivity index (χ1v) is 9.79. The zero-order valence-electron chi connectivity index (χ0n) is 16.3. The third kappa shape index (κ3) is 3.07. The lowest BCUT2D eigenvalue weighted by Crippen LogP contribution is -2.37. The van der Waals surface area contributed by atoms with E-state index in [0.717, 1.165) is 24.3 Å². The normalized spacial score (nSPS) is 16.6. The van der Waals surface area contributed by atoms with Crippen molar-refractivity contribution in [2.45, 2.75) is 26.8 Å². The van der Waals surface area contributed by atoms with E-state index in [1.807, 2.05) is 50.2 Å². The van der Waals surface area contributed by atoms with Crippen LogP contribution < -0.4 is 4.74 Å². The molecular formula is C23H24N2O3. The summed E-state index contributed by atoms with van der Waals surface area (Å²) >= 11 is 0. The molecule has 0 fully saturated rings. The van der Waals surface area contributed by atoms with E-state index in [-0.39, 0.29) is 11.8 Å². The summed E-state index contributed by atoms with van der Waals surface area (Å²) in [5, 5.41) is 0. The molecule has 5 heteroatoms. The summed E-state index contributed by atoms with van der Waals surface area (Å²) in [6, 6.07) is 15.7. The molecule has 0 saturated carbocycles. The highest BCUT2D eigenvalue weighted by Gasteiger charge is 2.41. The van der Waals surface area contributed by atoms with Gasteiger partial charge in [0.2, 0.25) is 0 Å². The summed E-state index contributed by atoms with van der Waals surface area (Å²) in [6.07, 6.45) is 0.865. The fraction of sp³-hybridized carbons (Fsp3) is 0.304. The van der Waals surface area contributed by atoms with Gasteiger partial charge in [0.1, 0.15) is 11.4 Å². The van der Waals surface area contributed by atoms with Gasteiger partial charge in [-0.2, -0.15) is 0 Å². The van der Waals surface area contributed by atoms with Crippen molar-refractivity contribution in [3.63, 3.8) is 0 Å². The number of amides is 2. The largest absolute Gasteiger partial charge is 0.494 e. The highest BCUT2D eigenvalue weighted by Crippen LogP contribution is 2.34. The summed E-state index contributed by atoms with van der Waals surface area (Å²) < 4.78 is 5.51. The fourth-order valence-electron chi connectivity index (χ4n) is 3.98. The molecule has 2 aromatic carbocycles. The number of carbonyl (C=O) groups excluding carboxylic acids is 2. The third-order valence-corrected chi connectivity index (χ3v) is 5.36. The van der Waals surface area contributed by atoms with Gasteiger partial charge in [-0.3, -0.25) is 14.5 Å². The van der Waals surface area contributed by atoms with Gasteiger partial charge < -0.3 is 9.64 Å². The Labute approximate surface area is 165 Å². The van der Waals surface area contributed by atoms with E-state index in [2.05, 4.69) is 17.0 Å². The van der Waals surface area contributed by atoms with Crippen molar-refractivity contribution in [1.82, 2.24) is 9.80 Å². The van der Waals surface area contributed by atoms with Crippen molar-refractivity contribution in [3.05, 3.63) is 70.9 Å². The summed E-state index contributed by atoms with van der Waals surface area (Å²) in [7, 11) is 0. The van der Waals surface area contributed by atoms with E-state index < -0.39 is 0 Å². The molecule has 0 aromatic heterocycles. The molecular weight excluding hydrogens is 352 g/mol. The molecule has 2 amide bonds. The maximum Gasteiger partial charge on any atom is 0.277 e. The number of rotatable bonds is 5. The molecule has 2 heterocycles. The Morgan fingerprint density at radius 3 is 2.32 bits per heavy atom. The molecule has 2 aliphatic heterocycles. The summed E-state index contributed by atoms with van der Waals surface area (Å²) in [5.41, 5.74) is 4.29. The van der Waals surface area contributed by atoms with Crippen molar-refractivity contribution < 1.29 is 14.3 Å². The van der Waals surface area contributed by atoms with Crippen LogP contribution in [0.25, 0.3) is 5.57 Å². The van der Waals surface area contributed by atoms with Gasteiger partial charge in [0.15, 0.2) is 0 Å². The second-order valence-electron chi connectivity index (χ2n) is 6.98. The van der Waals surface area contributed by atoms with Gasteiger partial charge in [-0.25, -0.2) is 0 Å². The van der Waals surface area contributed by atoms with Crippen LogP contribution in [0.5, 0.6) is 5.75 Å². The molecule has 0 atom stereocenters. The predicted molar refractivity (Wildman–Crippen MR) is 107 cm³/mol. The van der Waals surface area contributed by atoms with Crippen molar-refractivity contribution >= 4 is 17.4 Å². The van der Waals surface area contributed by atoms with E-state index >= 15 is 0 Å². The average molecular weight is 376 g/mol. The maximum atomic E-state index is 13.1. The number of nitrogens with zero attached hydrogens (tertiary/aromatic N) is 2. The van der Waals surface area contributed by atoms with Crippen LogP contribution in [0.2, 0.25) is 0 Å². The zero-order chi connectivity index (χ0) is 19.7. The zero-order valence-corrected chi connectivity index (χ0v) is 16.3. The summed E-state index contributed by atoms with van der Waals surface area (Å²) in [5.74, 6) is 0.339. The van der Waals surface area contributed by atoms with E-state index in [0.29, 0.717) is 31.0 Å². The van der Waals surface area contributed by atoms with E-state index in [1.165, 1.54) is 16.0 Å². The van der Waals surface area contributed by atoms with Crippen LogP contribution in [0.3, 0.4) is 0 Å². The lowest BCUT2D eigenvalue weighted by molar-refractivity contribution is -0.137. The van der Waals surface area contributed by atoms with Crippen molar-refractivity contribution in [2.24, 2.45) is 0 Å². The van der Waals surface area contributed by atoms with Crippen LogP contribution in [0.15, 0.2) is 54.2 Å². The molecule has 0 spiro atoms. The molecule has 5 nitrogen and oxygen atoms in total. The molecule has 28 heavy (non-hydrogen) atoms. The van der Waals surface area contributed by atoms with Gasteiger partial charge in [-0.15, -0.1) is 0 Å². The predicted octanol–water partition coefficient (Wildman–Crippen LogP) is 3.24. The fourth-order valence-corrected chi connectivity index (χ4v) is 3.98. The van der Waals surface area contributed by atoms with Crippen LogP contribution in [0.4, 0.5) is 0 Å². The molecule has 2 aromatic rings. The maximum absolute atomic E-state index is 13.1. The quantitative estimate of drug-likeness (QED) is 0.752. The number of ether oxygens (including phenoxy) is 1. The Bertz CT molecular complexity index is 947. The van der Waals surface area contributed by atoms with Crippen LogP contribution in [0, 0.1) is 0 Å². The lowest BCUT2D eigenvalue weighted by atomic mass is 9.98. The number of imide groups is 1. The number of benzene rings is 2. The van der Waals surface area contributed by atoms with E-state index in [1.54, 1.807) is 0 Å². The molecule has 0 aliphatic carbocycles. The molecule has 0 unspecified atom stereocenters. The molecule has 0 bridgehead atoms. The standard InChI is InChI=1S/C23H24N2O3/c1-3-25-22(26)20(17-9-11-19(12-10-17)28-4-2)21(23(25)27)24-14-13-16-7-5-6-8-18(16)15-24/h5-12H,3-4,13-15H2,1-2H3. The monoisotopic (exact) mass is 376 g/mol. The Kier molecular flexibility index (Phi) is 4.90. The molecule has 2 aliphatic rings. The van der Waals surface area contributed by atoms with Crippen molar-refractivity contribution in [1.29, 1.82) is 0 Å². The SMILES string of the molecule is CCOc1ccc(C2=C(N3CCc4ccccc4C3)C(=O)N(CC)C2=O)cc1. The van der Waals surface area contributed by atoms with Crippen LogP contribution in [0.1, 0.15) is 30.5 Å². The Hall–Kier alpha value is -3.08. The van der Waals surface area contributed by atoms with Crippen LogP contribution >= 0.6 is 0 Å². The summed E-state index contributed by atoms with van der Waals surface area (Å²) in [4.78, 5) is 29.5. The molecule has 4 rings (SSSR count). The van der Waals surface area contributed by atoms with E-state index in [9.17, 15) is 9.59 Å². The Morgan fingerprint density at radius 2 is 1.64 bits per heavy atom. The molecule has 0 radical (unpaired) electrons. The minimum Gasteiger partial charge on any atom is -0.494 e. The van der Waals surface area contributed by atoms with Gasteiger partial charge in [0.25, 0.3) is 11.8 Å². The number of fused-ring (bicyclic) bond motifs is 1. The molecule has 0 N–H and O–H groups in total. The van der Waals surface area contributed by atoms with Gasteiger partial charge in [-0.1, -0.05) is 36.4 Å². The molecule has 144 valence electrons. The van der Waals surface area contributed by atoms with Gasteiger partial charge in [0, 0.05) is 19.6 Å². The van der Waals surface area contributed by atoms with Gasteiger partial charge >= 0.3 is 0 Å². The minimum absolute atomic E-state index is 0.198. The van der Waals surface area contributed by atoms with E-state index in [4.69, 9.17) is 4.74 Å². The Morgan fingerprint density at radius 1 is 0.929 bits per heavy atom. The topological polar surface area (TPSA) is 49.9 Å². The lowest BCUT2D eigenvalue weighted by Gasteiger charge is -2.31.